The molecule has 5 nitrogen and oxygen atoms in total. The number of hydrogen-bond acceptors (Lipinski definition) is 3. The van der Waals surface area contributed by atoms with E-state index in [-0.39, 0.29) is 5.91 Å². The van der Waals surface area contributed by atoms with Crippen LogP contribution in [0.5, 0.6) is 5.75 Å². The van der Waals surface area contributed by atoms with Crippen LogP contribution in [0.1, 0.15) is 28.7 Å². The van der Waals surface area contributed by atoms with Gasteiger partial charge in [-0.25, -0.2) is 4.68 Å². The van der Waals surface area contributed by atoms with Crippen molar-refractivity contribution in [1.29, 1.82) is 0 Å². The SMILES string of the molecule is CCOc1ccccc1NC(=O)c1ccc(-n2nc(C)cc2C)cc1. The number of carbonyl (C=O) groups excluding carboxylic acids is 1. The molecule has 5 heteroatoms. The van der Waals surface area contributed by atoms with Crippen LogP contribution in [0.4, 0.5) is 5.69 Å². The summed E-state index contributed by atoms with van der Waals surface area (Å²) in [6.45, 7) is 6.42. The number of aromatic nitrogens is 2. The van der Waals surface area contributed by atoms with E-state index in [1.54, 1.807) is 12.1 Å². The number of aryl methyl sites for hydroxylation is 2. The van der Waals surface area contributed by atoms with E-state index >= 15 is 0 Å². The molecule has 0 fully saturated rings. The van der Waals surface area contributed by atoms with Crippen LogP contribution in [0.25, 0.3) is 5.69 Å². The van der Waals surface area contributed by atoms with Crippen molar-refractivity contribution in [3.05, 3.63) is 71.5 Å². The molecule has 128 valence electrons. The van der Waals surface area contributed by atoms with E-state index in [2.05, 4.69) is 10.4 Å². The van der Waals surface area contributed by atoms with Gasteiger partial charge in [0.25, 0.3) is 5.91 Å². The maximum absolute atomic E-state index is 12.5. The largest absolute Gasteiger partial charge is 0.492 e. The Kier molecular flexibility index (Phi) is 4.84. The Bertz CT molecular complexity index is 882. The van der Waals surface area contributed by atoms with Crippen LogP contribution >= 0.6 is 0 Å². The quantitative estimate of drug-likeness (QED) is 0.762. The first-order valence-corrected chi connectivity index (χ1v) is 8.25. The lowest BCUT2D eigenvalue weighted by Gasteiger charge is -2.11. The molecule has 1 aromatic heterocycles. The molecule has 0 aliphatic rings. The minimum atomic E-state index is -0.174. The van der Waals surface area contributed by atoms with Crippen molar-refractivity contribution in [2.45, 2.75) is 20.8 Å². The molecule has 0 aliphatic heterocycles. The monoisotopic (exact) mass is 335 g/mol. The van der Waals surface area contributed by atoms with Gasteiger partial charge in [0.2, 0.25) is 0 Å². The van der Waals surface area contributed by atoms with Gasteiger partial charge in [0, 0.05) is 11.3 Å². The summed E-state index contributed by atoms with van der Waals surface area (Å²) in [6.07, 6.45) is 0. The highest BCUT2D eigenvalue weighted by Gasteiger charge is 2.10. The molecule has 0 saturated heterocycles. The van der Waals surface area contributed by atoms with Gasteiger partial charge in [-0.15, -0.1) is 0 Å². The zero-order chi connectivity index (χ0) is 17.8. The molecule has 3 aromatic rings. The first-order valence-electron chi connectivity index (χ1n) is 8.25. The number of carbonyl (C=O) groups is 1. The Morgan fingerprint density at radius 3 is 2.48 bits per heavy atom. The van der Waals surface area contributed by atoms with E-state index in [4.69, 9.17) is 4.74 Å². The normalized spacial score (nSPS) is 10.5. The molecule has 0 spiro atoms. The fourth-order valence-electron chi connectivity index (χ4n) is 2.69. The van der Waals surface area contributed by atoms with Crippen LogP contribution in [-0.2, 0) is 0 Å². The van der Waals surface area contributed by atoms with Crippen LogP contribution in [0.2, 0.25) is 0 Å². The Morgan fingerprint density at radius 1 is 1.12 bits per heavy atom. The average Bonchev–Trinajstić information content (AvgIpc) is 2.95. The highest BCUT2D eigenvalue weighted by atomic mass is 16.5. The van der Waals surface area contributed by atoms with E-state index in [1.165, 1.54) is 0 Å². The van der Waals surface area contributed by atoms with Gasteiger partial charge in [0.05, 0.1) is 23.7 Å². The number of nitrogens with zero attached hydrogens (tertiary/aromatic N) is 2. The predicted molar refractivity (Wildman–Crippen MR) is 98.6 cm³/mol. The second kappa shape index (κ2) is 7.21. The second-order valence-electron chi connectivity index (χ2n) is 5.77. The highest BCUT2D eigenvalue weighted by molar-refractivity contribution is 6.05. The number of nitrogens with one attached hydrogen (secondary N) is 1. The molecule has 0 unspecified atom stereocenters. The van der Waals surface area contributed by atoms with E-state index in [0.717, 1.165) is 17.1 Å². The molecule has 0 radical (unpaired) electrons. The lowest BCUT2D eigenvalue weighted by atomic mass is 10.2. The molecular weight excluding hydrogens is 314 g/mol. The topological polar surface area (TPSA) is 56.1 Å². The molecule has 1 amide bonds. The van der Waals surface area contributed by atoms with Gasteiger partial charge >= 0.3 is 0 Å². The van der Waals surface area contributed by atoms with Crippen LogP contribution in [0.3, 0.4) is 0 Å². The number of para-hydroxylation sites is 2. The number of ether oxygens (including phenoxy) is 1. The third kappa shape index (κ3) is 3.71. The summed E-state index contributed by atoms with van der Waals surface area (Å²) in [5, 5.41) is 7.35. The number of anilines is 1. The summed E-state index contributed by atoms with van der Waals surface area (Å²) < 4.78 is 7.40. The van der Waals surface area contributed by atoms with E-state index < -0.39 is 0 Å². The first kappa shape index (κ1) is 16.8. The molecule has 2 aromatic carbocycles. The van der Waals surface area contributed by atoms with Gasteiger partial charge in [0.15, 0.2) is 0 Å². The summed E-state index contributed by atoms with van der Waals surface area (Å²) in [5.74, 6) is 0.490. The summed E-state index contributed by atoms with van der Waals surface area (Å²) in [6, 6.07) is 16.8. The molecule has 0 aliphatic carbocycles. The number of benzene rings is 2. The Balaban J connectivity index is 1.78. The molecule has 1 heterocycles. The van der Waals surface area contributed by atoms with Crippen molar-refractivity contribution in [3.63, 3.8) is 0 Å². The van der Waals surface area contributed by atoms with Gasteiger partial charge in [-0.2, -0.15) is 5.10 Å². The summed E-state index contributed by atoms with van der Waals surface area (Å²) >= 11 is 0. The average molecular weight is 335 g/mol. The third-order valence-corrected chi connectivity index (χ3v) is 3.82. The van der Waals surface area contributed by atoms with Gasteiger partial charge in [-0.05, 0) is 63.2 Å². The standard InChI is InChI=1S/C20H21N3O2/c1-4-25-19-8-6-5-7-18(19)21-20(24)16-9-11-17(12-10-16)23-15(3)13-14(2)22-23/h5-13H,4H2,1-3H3,(H,21,24). The van der Waals surface area contributed by atoms with Crippen LogP contribution in [-0.4, -0.2) is 22.3 Å². The fourth-order valence-corrected chi connectivity index (χ4v) is 2.69. The minimum Gasteiger partial charge on any atom is -0.492 e. The van der Waals surface area contributed by atoms with Crippen molar-refractivity contribution in [2.75, 3.05) is 11.9 Å². The summed E-state index contributed by atoms with van der Waals surface area (Å²) in [7, 11) is 0. The number of amides is 1. The van der Waals surface area contributed by atoms with Crippen LogP contribution in [0.15, 0.2) is 54.6 Å². The highest BCUT2D eigenvalue weighted by Crippen LogP contribution is 2.24. The van der Waals surface area contributed by atoms with E-state index in [0.29, 0.717) is 23.6 Å². The molecule has 1 N–H and O–H groups in total. The Morgan fingerprint density at radius 2 is 1.84 bits per heavy atom. The lowest BCUT2D eigenvalue weighted by molar-refractivity contribution is 0.102. The van der Waals surface area contributed by atoms with Crippen LogP contribution < -0.4 is 10.1 Å². The van der Waals surface area contributed by atoms with Crippen molar-refractivity contribution in [2.24, 2.45) is 0 Å². The van der Waals surface area contributed by atoms with Crippen molar-refractivity contribution >= 4 is 11.6 Å². The molecule has 0 saturated carbocycles. The number of hydrogen-bond donors (Lipinski definition) is 1. The zero-order valence-corrected chi connectivity index (χ0v) is 14.6. The maximum Gasteiger partial charge on any atom is 0.255 e. The Hall–Kier alpha value is -3.08. The smallest absolute Gasteiger partial charge is 0.255 e. The predicted octanol–water partition coefficient (Wildman–Crippen LogP) is 4.14. The molecular formula is C20H21N3O2. The molecule has 0 atom stereocenters. The van der Waals surface area contributed by atoms with Crippen molar-refractivity contribution in [3.8, 4) is 11.4 Å². The fraction of sp³-hybridized carbons (Fsp3) is 0.200. The third-order valence-electron chi connectivity index (χ3n) is 3.82. The molecule has 25 heavy (non-hydrogen) atoms. The Labute approximate surface area is 147 Å². The summed E-state index contributed by atoms with van der Waals surface area (Å²) in [4.78, 5) is 12.5. The maximum atomic E-state index is 12.5. The van der Waals surface area contributed by atoms with Gasteiger partial charge in [-0.3, -0.25) is 4.79 Å². The van der Waals surface area contributed by atoms with Gasteiger partial charge in [0.1, 0.15) is 5.75 Å². The second-order valence-corrected chi connectivity index (χ2v) is 5.77. The van der Waals surface area contributed by atoms with Gasteiger partial charge < -0.3 is 10.1 Å². The zero-order valence-electron chi connectivity index (χ0n) is 14.6. The van der Waals surface area contributed by atoms with Crippen molar-refractivity contribution < 1.29 is 9.53 Å². The summed E-state index contributed by atoms with van der Waals surface area (Å²) in [5.41, 5.74) is 4.19. The van der Waals surface area contributed by atoms with E-state index in [1.807, 2.05) is 67.9 Å². The van der Waals surface area contributed by atoms with E-state index in [9.17, 15) is 4.79 Å². The van der Waals surface area contributed by atoms with Gasteiger partial charge in [-0.1, -0.05) is 12.1 Å². The minimum absolute atomic E-state index is 0.174. The first-order chi connectivity index (χ1) is 12.1. The van der Waals surface area contributed by atoms with Crippen LogP contribution in [0, 0.1) is 13.8 Å². The van der Waals surface area contributed by atoms with Crippen molar-refractivity contribution in [1.82, 2.24) is 9.78 Å². The molecule has 3 rings (SSSR count). The lowest BCUT2D eigenvalue weighted by Crippen LogP contribution is -2.13. The molecule has 0 bridgehead atoms. The number of rotatable bonds is 5.